The molecule has 2 N–H and O–H groups in total. The Bertz CT molecular complexity index is 659. The van der Waals surface area contributed by atoms with Crippen molar-refractivity contribution in [3.8, 4) is 11.5 Å². The van der Waals surface area contributed by atoms with Crippen molar-refractivity contribution < 1.29 is 14.3 Å². The molecular weight excluding hydrogens is 316 g/mol. The van der Waals surface area contributed by atoms with Crippen LogP contribution in [0.3, 0.4) is 0 Å². The van der Waals surface area contributed by atoms with Gasteiger partial charge in [0.25, 0.3) is 0 Å². The lowest BCUT2D eigenvalue weighted by Gasteiger charge is -2.12. The van der Waals surface area contributed by atoms with E-state index in [-0.39, 0.29) is 6.03 Å². The van der Waals surface area contributed by atoms with Crippen molar-refractivity contribution >= 4 is 23.3 Å². The van der Waals surface area contributed by atoms with Crippen LogP contribution in [-0.4, -0.2) is 19.7 Å². The highest BCUT2D eigenvalue weighted by Crippen LogP contribution is 2.27. The predicted molar refractivity (Wildman–Crippen MR) is 91.5 cm³/mol. The summed E-state index contributed by atoms with van der Waals surface area (Å²) in [4.78, 5) is 12.0. The smallest absolute Gasteiger partial charge is 0.319 e. The summed E-state index contributed by atoms with van der Waals surface area (Å²) in [6.45, 7) is 2.96. The number of carbonyl (C=O) groups is 1. The van der Waals surface area contributed by atoms with Crippen LogP contribution in [0.2, 0.25) is 5.02 Å². The Kier molecular flexibility index (Phi) is 6.11. The van der Waals surface area contributed by atoms with Crippen molar-refractivity contribution in [1.82, 2.24) is 5.32 Å². The van der Waals surface area contributed by atoms with E-state index < -0.39 is 0 Å². The molecule has 23 heavy (non-hydrogen) atoms. The Hall–Kier alpha value is -2.40. The van der Waals surface area contributed by atoms with Gasteiger partial charge in [-0.1, -0.05) is 23.7 Å². The second kappa shape index (κ2) is 8.29. The quantitative estimate of drug-likeness (QED) is 0.837. The Morgan fingerprint density at radius 3 is 2.57 bits per heavy atom. The first-order valence-corrected chi connectivity index (χ1v) is 7.60. The second-order valence-corrected chi connectivity index (χ2v) is 5.17. The van der Waals surface area contributed by atoms with Gasteiger partial charge in [0.2, 0.25) is 0 Å². The van der Waals surface area contributed by atoms with Gasteiger partial charge in [-0.2, -0.15) is 0 Å². The standard InChI is InChI=1S/C17H19ClN2O3/c1-3-23-14-7-4-12(5-8-14)11-19-17(21)20-15-10-13(18)6-9-16(15)22-2/h4-10H,3,11H2,1-2H3,(H2,19,20,21). The van der Waals surface area contributed by atoms with Gasteiger partial charge in [-0.25, -0.2) is 4.79 Å². The highest BCUT2D eigenvalue weighted by Gasteiger charge is 2.08. The summed E-state index contributed by atoms with van der Waals surface area (Å²) >= 11 is 5.93. The Morgan fingerprint density at radius 2 is 1.91 bits per heavy atom. The van der Waals surface area contributed by atoms with E-state index >= 15 is 0 Å². The van der Waals surface area contributed by atoms with Crippen LogP contribution >= 0.6 is 11.6 Å². The summed E-state index contributed by atoms with van der Waals surface area (Å²) in [5.74, 6) is 1.36. The number of urea groups is 1. The van der Waals surface area contributed by atoms with Gasteiger partial charge in [-0.15, -0.1) is 0 Å². The molecule has 0 unspecified atom stereocenters. The number of carbonyl (C=O) groups excluding carboxylic acids is 1. The van der Waals surface area contributed by atoms with E-state index in [1.54, 1.807) is 18.2 Å². The number of rotatable bonds is 6. The highest BCUT2D eigenvalue weighted by atomic mass is 35.5. The van der Waals surface area contributed by atoms with Gasteiger partial charge in [-0.05, 0) is 42.8 Å². The van der Waals surface area contributed by atoms with Gasteiger partial charge < -0.3 is 20.1 Å². The number of methoxy groups -OCH3 is 1. The lowest BCUT2D eigenvalue weighted by Crippen LogP contribution is -2.28. The number of benzene rings is 2. The molecule has 5 nitrogen and oxygen atoms in total. The molecule has 2 aromatic carbocycles. The predicted octanol–water partition coefficient (Wildman–Crippen LogP) is 4.07. The molecule has 0 spiro atoms. The van der Waals surface area contributed by atoms with E-state index in [1.807, 2.05) is 31.2 Å². The normalized spacial score (nSPS) is 10.0. The van der Waals surface area contributed by atoms with Crippen LogP contribution in [0.5, 0.6) is 11.5 Å². The monoisotopic (exact) mass is 334 g/mol. The minimum atomic E-state index is -0.334. The number of hydrogen-bond donors (Lipinski definition) is 2. The van der Waals surface area contributed by atoms with Crippen molar-refractivity contribution in [3.63, 3.8) is 0 Å². The third kappa shape index (κ3) is 5.07. The zero-order valence-electron chi connectivity index (χ0n) is 13.1. The van der Waals surface area contributed by atoms with Crippen molar-refractivity contribution in [2.45, 2.75) is 13.5 Å². The maximum Gasteiger partial charge on any atom is 0.319 e. The van der Waals surface area contributed by atoms with Crippen LogP contribution < -0.4 is 20.1 Å². The molecule has 0 radical (unpaired) electrons. The van der Waals surface area contributed by atoms with Crippen LogP contribution in [0.4, 0.5) is 10.5 Å². The van der Waals surface area contributed by atoms with Gasteiger partial charge in [-0.3, -0.25) is 0 Å². The van der Waals surface area contributed by atoms with Gasteiger partial charge in [0, 0.05) is 11.6 Å². The topological polar surface area (TPSA) is 59.6 Å². The molecule has 6 heteroatoms. The first kappa shape index (κ1) is 17.0. The van der Waals surface area contributed by atoms with E-state index in [4.69, 9.17) is 21.1 Å². The Labute approximate surface area is 140 Å². The molecule has 0 aliphatic heterocycles. The van der Waals surface area contributed by atoms with Crippen molar-refractivity contribution in [2.75, 3.05) is 19.0 Å². The van der Waals surface area contributed by atoms with Gasteiger partial charge in [0.15, 0.2) is 0 Å². The van der Waals surface area contributed by atoms with Gasteiger partial charge >= 0.3 is 6.03 Å². The molecule has 2 amide bonds. The van der Waals surface area contributed by atoms with Crippen LogP contribution in [0.25, 0.3) is 0 Å². The molecule has 0 saturated carbocycles. The SMILES string of the molecule is CCOc1ccc(CNC(=O)Nc2cc(Cl)ccc2OC)cc1. The van der Waals surface area contributed by atoms with Crippen LogP contribution in [0.15, 0.2) is 42.5 Å². The van der Waals surface area contributed by atoms with Gasteiger partial charge in [0.05, 0.1) is 19.4 Å². The second-order valence-electron chi connectivity index (χ2n) is 4.73. The zero-order valence-corrected chi connectivity index (χ0v) is 13.8. The van der Waals surface area contributed by atoms with Crippen molar-refractivity contribution in [2.24, 2.45) is 0 Å². The van der Waals surface area contributed by atoms with Crippen LogP contribution in [0, 0.1) is 0 Å². The van der Waals surface area contributed by atoms with E-state index in [9.17, 15) is 4.79 Å². The molecule has 0 fully saturated rings. The van der Waals surface area contributed by atoms with Crippen LogP contribution in [0.1, 0.15) is 12.5 Å². The number of halogens is 1. The average Bonchev–Trinajstić information content (AvgIpc) is 2.55. The Morgan fingerprint density at radius 1 is 1.17 bits per heavy atom. The summed E-state index contributed by atoms with van der Waals surface area (Å²) < 4.78 is 10.6. The zero-order chi connectivity index (χ0) is 16.7. The molecule has 0 bridgehead atoms. The summed E-state index contributed by atoms with van der Waals surface area (Å²) in [6.07, 6.45) is 0. The summed E-state index contributed by atoms with van der Waals surface area (Å²) in [5, 5.41) is 6.02. The average molecular weight is 335 g/mol. The fourth-order valence-electron chi connectivity index (χ4n) is 2.00. The fourth-order valence-corrected chi connectivity index (χ4v) is 2.17. The molecule has 0 heterocycles. The number of nitrogens with one attached hydrogen (secondary N) is 2. The molecule has 122 valence electrons. The molecule has 0 aliphatic carbocycles. The third-order valence-electron chi connectivity index (χ3n) is 3.10. The molecule has 0 aliphatic rings. The van der Waals surface area contributed by atoms with E-state index in [2.05, 4.69) is 10.6 Å². The molecule has 0 atom stereocenters. The number of anilines is 1. The summed E-state index contributed by atoms with van der Waals surface area (Å²) in [6, 6.07) is 12.3. The first-order chi connectivity index (χ1) is 11.1. The van der Waals surface area contributed by atoms with Crippen LogP contribution in [-0.2, 0) is 6.54 Å². The number of ether oxygens (including phenoxy) is 2. The minimum Gasteiger partial charge on any atom is -0.495 e. The summed E-state index contributed by atoms with van der Waals surface area (Å²) in [7, 11) is 1.53. The summed E-state index contributed by atoms with van der Waals surface area (Å²) in [5.41, 5.74) is 1.49. The van der Waals surface area contributed by atoms with Crippen molar-refractivity contribution in [1.29, 1.82) is 0 Å². The maximum atomic E-state index is 12.0. The number of hydrogen-bond acceptors (Lipinski definition) is 3. The molecule has 0 saturated heterocycles. The lowest BCUT2D eigenvalue weighted by atomic mass is 10.2. The third-order valence-corrected chi connectivity index (χ3v) is 3.33. The van der Waals surface area contributed by atoms with E-state index in [0.717, 1.165) is 11.3 Å². The fraction of sp³-hybridized carbons (Fsp3) is 0.235. The first-order valence-electron chi connectivity index (χ1n) is 7.22. The molecule has 2 rings (SSSR count). The lowest BCUT2D eigenvalue weighted by molar-refractivity contribution is 0.251. The minimum absolute atomic E-state index is 0.334. The van der Waals surface area contributed by atoms with Crippen molar-refractivity contribution in [3.05, 3.63) is 53.1 Å². The highest BCUT2D eigenvalue weighted by molar-refractivity contribution is 6.31. The molecule has 2 aromatic rings. The Balaban J connectivity index is 1.91. The maximum absolute atomic E-state index is 12.0. The largest absolute Gasteiger partial charge is 0.495 e. The molecular formula is C17H19ClN2O3. The molecule has 0 aromatic heterocycles. The van der Waals surface area contributed by atoms with E-state index in [1.165, 1.54) is 7.11 Å². The van der Waals surface area contributed by atoms with E-state index in [0.29, 0.717) is 29.6 Å². The number of amides is 2. The van der Waals surface area contributed by atoms with Gasteiger partial charge in [0.1, 0.15) is 11.5 Å².